The van der Waals surface area contributed by atoms with Crippen molar-refractivity contribution >= 4 is 35.0 Å². The molecule has 0 aliphatic carbocycles. The molecule has 7 nitrogen and oxygen atoms in total. The highest BCUT2D eigenvalue weighted by molar-refractivity contribution is 6.42. The lowest BCUT2D eigenvalue weighted by molar-refractivity contribution is 0.0605. The van der Waals surface area contributed by atoms with Crippen LogP contribution in [-0.4, -0.2) is 51.1 Å². The van der Waals surface area contributed by atoms with Gasteiger partial charge < -0.3 is 14.5 Å². The summed E-state index contributed by atoms with van der Waals surface area (Å²) >= 11 is 12.2. The molecule has 3 aromatic rings. The fraction of sp³-hybridized carbons (Fsp3) is 0.346. The van der Waals surface area contributed by atoms with E-state index in [1.165, 1.54) is 0 Å². The van der Waals surface area contributed by atoms with E-state index in [4.69, 9.17) is 33.0 Å². The highest BCUT2D eigenvalue weighted by Gasteiger charge is 2.38. The van der Waals surface area contributed by atoms with Crippen LogP contribution in [0.4, 0.5) is 0 Å². The highest BCUT2D eigenvalue weighted by atomic mass is 35.5. The van der Waals surface area contributed by atoms with Gasteiger partial charge in [0.15, 0.2) is 0 Å². The van der Waals surface area contributed by atoms with E-state index in [0.717, 1.165) is 22.6 Å². The van der Waals surface area contributed by atoms with Crippen LogP contribution in [-0.2, 0) is 19.5 Å². The fourth-order valence-corrected chi connectivity index (χ4v) is 5.23. The van der Waals surface area contributed by atoms with E-state index in [2.05, 4.69) is 0 Å². The van der Waals surface area contributed by atoms with Gasteiger partial charge in [0.2, 0.25) is 0 Å². The minimum atomic E-state index is -0.145. The third kappa shape index (κ3) is 4.17. The van der Waals surface area contributed by atoms with Crippen molar-refractivity contribution in [1.29, 1.82) is 0 Å². The zero-order valence-corrected chi connectivity index (χ0v) is 21.3. The quantitative estimate of drug-likeness (QED) is 0.493. The first-order chi connectivity index (χ1) is 16.8. The van der Waals surface area contributed by atoms with Gasteiger partial charge in [0.1, 0.15) is 11.4 Å². The number of hydrogen-bond donors (Lipinski definition) is 0. The predicted molar refractivity (Wildman–Crippen MR) is 134 cm³/mol. The monoisotopic (exact) mass is 512 g/mol. The molecule has 2 aliphatic rings. The number of nitrogens with zero attached hydrogens (tertiary/aromatic N) is 4. The molecule has 0 unspecified atom stereocenters. The second-order valence-corrected chi connectivity index (χ2v) is 9.87. The number of rotatable bonds is 4. The fourth-order valence-electron chi connectivity index (χ4n) is 4.94. The summed E-state index contributed by atoms with van der Waals surface area (Å²) in [4.78, 5) is 30.7. The zero-order valence-electron chi connectivity index (χ0n) is 19.8. The van der Waals surface area contributed by atoms with Crippen molar-refractivity contribution < 1.29 is 14.3 Å². The standard InChI is InChI=1S/C26H26Cl2N4O3/c1-15-12-23-20(14-31(15)25(33)18-6-9-21(27)22(28)13-18)24-26(34)30(10-11-32(24)29-23)16(2)17-4-7-19(35-3)8-5-17/h4-9,13,15-16H,10-12,14H2,1-3H3/t15-,16-/m1/s1. The Labute approximate surface area is 214 Å². The van der Waals surface area contributed by atoms with Gasteiger partial charge in [0.25, 0.3) is 11.8 Å². The van der Waals surface area contributed by atoms with Gasteiger partial charge in [0.05, 0.1) is 42.0 Å². The van der Waals surface area contributed by atoms with Crippen LogP contribution in [0.1, 0.15) is 57.6 Å². The van der Waals surface area contributed by atoms with Crippen molar-refractivity contribution in [1.82, 2.24) is 19.6 Å². The number of aromatic nitrogens is 2. The van der Waals surface area contributed by atoms with E-state index >= 15 is 0 Å². The molecule has 0 radical (unpaired) electrons. The SMILES string of the molecule is COc1ccc([C@@H](C)N2CCn3nc4c(c3C2=O)CN(C(=O)c2ccc(Cl)c(Cl)c2)[C@H](C)C4)cc1. The molecule has 1 aromatic heterocycles. The molecule has 5 rings (SSSR count). The van der Waals surface area contributed by atoms with E-state index in [0.29, 0.717) is 47.4 Å². The van der Waals surface area contributed by atoms with Gasteiger partial charge in [-0.15, -0.1) is 0 Å². The summed E-state index contributed by atoms with van der Waals surface area (Å²) in [5, 5.41) is 5.49. The molecule has 0 N–H and O–H groups in total. The molecule has 0 bridgehead atoms. The maximum Gasteiger partial charge on any atom is 0.273 e. The van der Waals surface area contributed by atoms with Crippen LogP contribution in [0.2, 0.25) is 10.0 Å². The Morgan fingerprint density at radius 2 is 1.86 bits per heavy atom. The molecule has 35 heavy (non-hydrogen) atoms. The van der Waals surface area contributed by atoms with E-state index in [-0.39, 0.29) is 23.9 Å². The number of carbonyl (C=O) groups is 2. The summed E-state index contributed by atoms with van der Waals surface area (Å²) in [6.07, 6.45) is 0.587. The Morgan fingerprint density at radius 1 is 1.11 bits per heavy atom. The first-order valence-electron chi connectivity index (χ1n) is 11.6. The van der Waals surface area contributed by atoms with Crippen molar-refractivity contribution in [3.05, 3.63) is 80.6 Å². The van der Waals surface area contributed by atoms with Crippen LogP contribution in [0.25, 0.3) is 0 Å². The maximum atomic E-state index is 13.7. The van der Waals surface area contributed by atoms with Crippen LogP contribution in [0.15, 0.2) is 42.5 Å². The molecule has 2 aliphatic heterocycles. The third-order valence-corrected chi connectivity index (χ3v) is 7.73. The lowest BCUT2D eigenvalue weighted by Crippen LogP contribution is -2.44. The molecule has 2 amide bonds. The number of hydrogen-bond acceptors (Lipinski definition) is 4. The topological polar surface area (TPSA) is 67.7 Å². The van der Waals surface area contributed by atoms with Gasteiger partial charge in [-0.2, -0.15) is 5.10 Å². The average molecular weight is 513 g/mol. The Balaban J connectivity index is 1.43. The molecule has 2 aromatic carbocycles. The minimum Gasteiger partial charge on any atom is -0.497 e. The number of fused-ring (bicyclic) bond motifs is 3. The second-order valence-electron chi connectivity index (χ2n) is 9.06. The predicted octanol–water partition coefficient (Wildman–Crippen LogP) is 5.00. The molecule has 0 spiro atoms. The zero-order chi connectivity index (χ0) is 24.9. The summed E-state index contributed by atoms with van der Waals surface area (Å²) in [6.45, 7) is 5.53. The average Bonchev–Trinajstić information content (AvgIpc) is 3.22. The number of carbonyl (C=O) groups excluding carboxylic acids is 2. The maximum absolute atomic E-state index is 13.7. The Kier molecular flexibility index (Phi) is 6.23. The Hall–Kier alpha value is -3.03. The number of amides is 2. The molecular weight excluding hydrogens is 487 g/mol. The van der Waals surface area contributed by atoms with Crippen molar-refractivity contribution in [2.45, 2.75) is 45.4 Å². The van der Waals surface area contributed by atoms with Crippen LogP contribution < -0.4 is 4.74 Å². The lowest BCUT2D eigenvalue weighted by Gasteiger charge is -2.35. The molecule has 0 fully saturated rings. The Morgan fingerprint density at radius 3 is 2.54 bits per heavy atom. The van der Waals surface area contributed by atoms with Gasteiger partial charge in [-0.1, -0.05) is 35.3 Å². The molecule has 3 heterocycles. The molecule has 0 saturated heterocycles. The van der Waals surface area contributed by atoms with E-state index < -0.39 is 0 Å². The molecule has 9 heteroatoms. The highest BCUT2D eigenvalue weighted by Crippen LogP contribution is 2.33. The van der Waals surface area contributed by atoms with E-state index in [9.17, 15) is 9.59 Å². The smallest absolute Gasteiger partial charge is 0.273 e. The largest absolute Gasteiger partial charge is 0.497 e. The van der Waals surface area contributed by atoms with Crippen LogP contribution >= 0.6 is 23.2 Å². The van der Waals surface area contributed by atoms with Crippen molar-refractivity contribution in [3.63, 3.8) is 0 Å². The number of benzene rings is 2. The van der Waals surface area contributed by atoms with Crippen LogP contribution in [0.3, 0.4) is 0 Å². The van der Waals surface area contributed by atoms with Crippen molar-refractivity contribution in [2.24, 2.45) is 0 Å². The number of methoxy groups -OCH3 is 1. The molecule has 182 valence electrons. The molecule has 2 atom stereocenters. The summed E-state index contributed by atoms with van der Waals surface area (Å²) in [5.41, 5.74) is 3.79. The van der Waals surface area contributed by atoms with Gasteiger partial charge in [-0.05, 0) is 49.7 Å². The van der Waals surface area contributed by atoms with Crippen molar-refractivity contribution in [3.8, 4) is 5.75 Å². The van der Waals surface area contributed by atoms with Crippen molar-refractivity contribution in [2.75, 3.05) is 13.7 Å². The number of ether oxygens (including phenoxy) is 1. The van der Waals surface area contributed by atoms with E-state index in [1.807, 2.05) is 47.7 Å². The third-order valence-electron chi connectivity index (χ3n) is 6.99. The molecular formula is C26H26Cl2N4O3. The summed E-state index contributed by atoms with van der Waals surface area (Å²) in [5.74, 6) is 0.567. The first-order valence-corrected chi connectivity index (χ1v) is 12.3. The van der Waals surface area contributed by atoms with Crippen LogP contribution in [0, 0.1) is 0 Å². The van der Waals surface area contributed by atoms with Gasteiger partial charge in [-0.3, -0.25) is 14.3 Å². The van der Waals surface area contributed by atoms with Gasteiger partial charge >= 0.3 is 0 Å². The summed E-state index contributed by atoms with van der Waals surface area (Å²) in [6, 6.07) is 12.5. The minimum absolute atomic E-state index is 0.0640. The molecule has 0 saturated carbocycles. The van der Waals surface area contributed by atoms with E-state index in [1.54, 1.807) is 30.2 Å². The van der Waals surface area contributed by atoms with Crippen LogP contribution in [0.5, 0.6) is 5.75 Å². The lowest BCUT2D eigenvalue weighted by atomic mass is 9.97. The van der Waals surface area contributed by atoms with Gasteiger partial charge in [0, 0.05) is 30.1 Å². The normalized spacial score (nSPS) is 18.2. The summed E-state index contributed by atoms with van der Waals surface area (Å²) in [7, 11) is 1.63. The number of halogens is 2. The first kappa shape index (κ1) is 23.7. The Bertz CT molecular complexity index is 1300. The second kappa shape index (κ2) is 9.21. The van der Waals surface area contributed by atoms with Gasteiger partial charge in [-0.25, -0.2) is 0 Å². The summed E-state index contributed by atoms with van der Waals surface area (Å²) < 4.78 is 7.07.